The number of methoxy groups -OCH3 is 1. The van der Waals surface area contributed by atoms with Crippen molar-refractivity contribution in [2.75, 3.05) is 7.11 Å². The Morgan fingerprint density at radius 3 is 2.94 bits per heavy atom. The highest BCUT2D eigenvalue weighted by Crippen LogP contribution is 2.24. The van der Waals surface area contributed by atoms with E-state index in [0.717, 1.165) is 12.8 Å². The molecule has 0 radical (unpaired) electrons. The summed E-state index contributed by atoms with van der Waals surface area (Å²) < 4.78 is 5.09. The van der Waals surface area contributed by atoms with Gasteiger partial charge in [-0.05, 0) is 17.9 Å². The largest absolute Gasteiger partial charge is 0.495 e. The highest BCUT2D eigenvalue weighted by atomic mass is 32.1. The molecule has 0 bridgehead atoms. The van der Waals surface area contributed by atoms with Gasteiger partial charge in [0.2, 0.25) is 0 Å². The summed E-state index contributed by atoms with van der Waals surface area (Å²) in [6, 6.07) is 1.50. The van der Waals surface area contributed by atoms with Crippen molar-refractivity contribution in [1.82, 2.24) is 5.32 Å². The molecule has 4 nitrogen and oxygen atoms in total. The van der Waals surface area contributed by atoms with Gasteiger partial charge in [-0.15, -0.1) is 11.3 Å². The van der Waals surface area contributed by atoms with Crippen LogP contribution < -0.4 is 15.8 Å². The van der Waals surface area contributed by atoms with E-state index < -0.39 is 0 Å². The van der Waals surface area contributed by atoms with Crippen molar-refractivity contribution in [3.8, 4) is 5.75 Å². The van der Waals surface area contributed by atoms with Crippen LogP contribution >= 0.6 is 23.6 Å². The van der Waals surface area contributed by atoms with Crippen LogP contribution in [0.5, 0.6) is 5.75 Å². The summed E-state index contributed by atoms with van der Waals surface area (Å²) in [4.78, 5) is 12.8. The Kier molecular flexibility index (Phi) is 5.37. The lowest BCUT2D eigenvalue weighted by molar-refractivity contribution is 0.0947. The van der Waals surface area contributed by atoms with Crippen LogP contribution in [0.1, 0.15) is 29.4 Å². The number of nitrogens with two attached hydrogens (primary N) is 1. The molecule has 1 atom stereocenters. The van der Waals surface area contributed by atoms with E-state index in [4.69, 9.17) is 22.7 Å². The van der Waals surface area contributed by atoms with E-state index in [0.29, 0.717) is 15.6 Å². The first-order chi connectivity index (χ1) is 8.10. The maximum absolute atomic E-state index is 12.0. The van der Waals surface area contributed by atoms with Crippen molar-refractivity contribution in [3.63, 3.8) is 0 Å². The molecule has 0 aliphatic heterocycles. The minimum absolute atomic E-state index is 0.192. The second kappa shape index (κ2) is 6.56. The molecule has 0 aliphatic carbocycles. The summed E-state index contributed by atoms with van der Waals surface area (Å²) in [6.45, 7) is 2.02. The van der Waals surface area contributed by atoms with E-state index in [1.54, 1.807) is 6.07 Å². The van der Waals surface area contributed by atoms with Crippen molar-refractivity contribution in [1.29, 1.82) is 0 Å². The number of rotatable bonds is 6. The number of thiophene rings is 1. The molecular formula is C11H16N2O2S2. The molecule has 0 saturated heterocycles. The van der Waals surface area contributed by atoms with E-state index in [-0.39, 0.29) is 11.9 Å². The SMILES string of the molecule is CCCC(NC(=O)c1sccc1OC)C(N)=S. The smallest absolute Gasteiger partial charge is 0.265 e. The fourth-order valence-corrected chi connectivity index (χ4v) is 2.36. The third-order valence-electron chi connectivity index (χ3n) is 2.28. The lowest BCUT2D eigenvalue weighted by Crippen LogP contribution is -2.43. The van der Waals surface area contributed by atoms with Crippen LogP contribution in [0, 0.1) is 0 Å². The van der Waals surface area contributed by atoms with Gasteiger partial charge in [0.05, 0.1) is 18.1 Å². The van der Waals surface area contributed by atoms with Crippen LogP contribution in [-0.4, -0.2) is 24.0 Å². The molecule has 0 aliphatic rings. The Balaban J connectivity index is 2.73. The van der Waals surface area contributed by atoms with Gasteiger partial charge in [-0.2, -0.15) is 0 Å². The summed E-state index contributed by atoms with van der Waals surface area (Å²) in [6.07, 6.45) is 1.65. The third kappa shape index (κ3) is 3.67. The van der Waals surface area contributed by atoms with Crippen LogP contribution in [0.4, 0.5) is 0 Å². The lowest BCUT2D eigenvalue weighted by Gasteiger charge is -2.16. The number of carbonyl (C=O) groups is 1. The van der Waals surface area contributed by atoms with Crippen LogP contribution in [0.25, 0.3) is 0 Å². The monoisotopic (exact) mass is 272 g/mol. The number of hydrogen-bond acceptors (Lipinski definition) is 4. The zero-order valence-corrected chi connectivity index (χ0v) is 11.5. The van der Waals surface area contributed by atoms with Gasteiger partial charge in [-0.3, -0.25) is 4.79 Å². The van der Waals surface area contributed by atoms with E-state index in [9.17, 15) is 4.79 Å². The number of ether oxygens (including phenoxy) is 1. The molecule has 0 saturated carbocycles. The minimum Gasteiger partial charge on any atom is -0.495 e. The number of thiocarbonyl (C=S) groups is 1. The van der Waals surface area contributed by atoms with Gasteiger partial charge < -0.3 is 15.8 Å². The summed E-state index contributed by atoms with van der Waals surface area (Å²) in [5, 5.41) is 4.63. The molecule has 1 aromatic rings. The maximum Gasteiger partial charge on any atom is 0.265 e. The summed E-state index contributed by atoms with van der Waals surface area (Å²) in [5.74, 6) is 0.383. The Labute approximate surface area is 110 Å². The average molecular weight is 272 g/mol. The Morgan fingerprint density at radius 2 is 2.41 bits per heavy atom. The Bertz CT molecular complexity index is 404. The molecule has 1 heterocycles. The topological polar surface area (TPSA) is 64.3 Å². The molecule has 1 rings (SSSR count). The van der Waals surface area contributed by atoms with Gasteiger partial charge in [0, 0.05) is 0 Å². The van der Waals surface area contributed by atoms with Crippen LogP contribution in [0.2, 0.25) is 0 Å². The molecule has 94 valence electrons. The molecule has 3 N–H and O–H groups in total. The number of hydrogen-bond donors (Lipinski definition) is 2. The summed E-state index contributed by atoms with van der Waals surface area (Å²) >= 11 is 6.26. The fourth-order valence-electron chi connectivity index (χ4n) is 1.42. The molecule has 1 amide bonds. The number of nitrogens with one attached hydrogen (secondary N) is 1. The van der Waals surface area contributed by atoms with Crippen molar-refractivity contribution >= 4 is 34.5 Å². The first-order valence-corrected chi connectivity index (χ1v) is 6.60. The number of carbonyl (C=O) groups excluding carboxylic acids is 1. The van der Waals surface area contributed by atoms with Crippen molar-refractivity contribution < 1.29 is 9.53 Å². The predicted molar refractivity (Wildman–Crippen MR) is 73.8 cm³/mol. The van der Waals surface area contributed by atoms with E-state index >= 15 is 0 Å². The molecule has 6 heteroatoms. The Hall–Kier alpha value is -1.14. The highest BCUT2D eigenvalue weighted by Gasteiger charge is 2.19. The Morgan fingerprint density at radius 1 is 1.71 bits per heavy atom. The molecule has 1 aromatic heterocycles. The zero-order valence-electron chi connectivity index (χ0n) is 9.86. The second-order valence-electron chi connectivity index (χ2n) is 3.54. The van der Waals surface area contributed by atoms with E-state index in [2.05, 4.69) is 5.32 Å². The van der Waals surface area contributed by atoms with Gasteiger partial charge in [-0.25, -0.2) is 0 Å². The van der Waals surface area contributed by atoms with Crippen molar-refractivity contribution in [2.24, 2.45) is 5.73 Å². The minimum atomic E-state index is -0.255. The first kappa shape index (κ1) is 13.9. The van der Waals surface area contributed by atoms with Gasteiger partial charge in [0.25, 0.3) is 5.91 Å². The van der Waals surface area contributed by atoms with Gasteiger partial charge in [-0.1, -0.05) is 25.6 Å². The predicted octanol–water partition coefficient (Wildman–Crippen LogP) is 1.94. The first-order valence-electron chi connectivity index (χ1n) is 5.31. The molecule has 0 spiro atoms. The maximum atomic E-state index is 12.0. The molecule has 17 heavy (non-hydrogen) atoms. The van der Waals surface area contributed by atoms with Crippen molar-refractivity contribution in [3.05, 3.63) is 16.3 Å². The fraction of sp³-hybridized carbons (Fsp3) is 0.455. The highest BCUT2D eigenvalue weighted by molar-refractivity contribution is 7.80. The van der Waals surface area contributed by atoms with Gasteiger partial charge in [0.15, 0.2) is 0 Å². The average Bonchev–Trinajstić information content (AvgIpc) is 2.76. The van der Waals surface area contributed by atoms with Crippen LogP contribution in [0.3, 0.4) is 0 Å². The quantitative estimate of drug-likeness (QED) is 0.777. The zero-order chi connectivity index (χ0) is 12.8. The third-order valence-corrected chi connectivity index (χ3v) is 3.46. The van der Waals surface area contributed by atoms with E-state index in [1.165, 1.54) is 18.4 Å². The van der Waals surface area contributed by atoms with Gasteiger partial charge >= 0.3 is 0 Å². The molecular weight excluding hydrogens is 256 g/mol. The summed E-state index contributed by atoms with van der Waals surface area (Å²) in [5.41, 5.74) is 5.58. The lowest BCUT2D eigenvalue weighted by atomic mass is 10.1. The van der Waals surface area contributed by atoms with E-state index in [1.807, 2.05) is 12.3 Å². The van der Waals surface area contributed by atoms with Crippen LogP contribution in [-0.2, 0) is 0 Å². The normalized spacial score (nSPS) is 11.9. The van der Waals surface area contributed by atoms with Gasteiger partial charge in [0.1, 0.15) is 10.6 Å². The second-order valence-corrected chi connectivity index (χ2v) is 4.92. The molecule has 1 unspecified atom stereocenters. The number of amides is 1. The molecule has 0 aromatic carbocycles. The summed E-state index contributed by atoms with van der Waals surface area (Å²) in [7, 11) is 1.54. The standard InChI is InChI=1S/C11H16N2O2S2/c1-3-4-7(10(12)16)13-11(14)9-8(15-2)5-6-17-9/h5-7H,3-4H2,1-2H3,(H2,12,16)(H,13,14). The van der Waals surface area contributed by atoms with Crippen molar-refractivity contribution in [2.45, 2.75) is 25.8 Å². The van der Waals surface area contributed by atoms with Crippen LogP contribution in [0.15, 0.2) is 11.4 Å². The molecule has 0 fully saturated rings.